The number of hydrogen-bond donors (Lipinski definition) is 3. The minimum Gasteiger partial charge on any atom is -0.440 e. The summed E-state index contributed by atoms with van der Waals surface area (Å²) in [4.78, 5) is 21.0. The number of imidazole rings is 1. The molecule has 4 heterocycles. The highest BCUT2D eigenvalue weighted by Gasteiger charge is 2.13. The van der Waals surface area contributed by atoms with Gasteiger partial charge in [-0.3, -0.25) is 4.98 Å². The average Bonchev–Trinajstić information content (AvgIpc) is 3.51. The van der Waals surface area contributed by atoms with Crippen LogP contribution in [0.15, 0.2) is 65.0 Å². The van der Waals surface area contributed by atoms with E-state index in [1.54, 1.807) is 24.5 Å². The van der Waals surface area contributed by atoms with Gasteiger partial charge in [-0.25, -0.2) is 19.3 Å². The number of H-pyrrole nitrogens is 1. The summed E-state index contributed by atoms with van der Waals surface area (Å²) in [6, 6.07) is 4.73. The van der Waals surface area contributed by atoms with E-state index in [1.165, 1.54) is 11.6 Å². The van der Waals surface area contributed by atoms with Crippen LogP contribution in [0.2, 0.25) is 0 Å². The Bertz CT molecular complexity index is 1370. The van der Waals surface area contributed by atoms with Crippen LogP contribution in [-0.2, 0) is 25.8 Å². The molecule has 0 aliphatic heterocycles. The molecule has 4 aromatic rings. The molecule has 1 aliphatic carbocycles. The molecule has 0 saturated carbocycles. The molecular weight excluding hydrogens is 457 g/mol. The van der Waals surface area contributed by atoms with Gasteiger partial charge in [0.1, 0.15) is 11.6 Å². The normalized spacial score (nSPS) is 15.4. The maximum atomic E-state index is 13.9. The maximum absolute atomic E-state index is 13.9. The predicted octanol–water partition coefficient (Wildman–Crippen LogP) is 4.53. The molecule has 186 valence electrons. The molecule has 1 aliphatic rings. The highest BCUT2D eigenvalue weighted by atomic mass is 19.1. The van der Waals surface area contributed by atoms with E-state index in [4.69, 9.17) is 4.42 Å². The summed E-state index contributed by atoms with van der Waals surface area (Å²) in [7, 11) is 0. The van der Waals surface area contributed by atoms with E-state index in [0.29, 0.717) is 40.8 Å². The number of hydrogen-bond acceptors (Lipinski definition) is 7. The predicted molar refractivity (Wildman–Crippen MR) is 137 cm³/mol. The van der Waals surface area contributed by atoms with Crippen LogP contribution in [0.5, 0.6) is 0 Å². The molecule has 0 fully saturated rings. The number of allylic oxidation sites excluding steroid dienone is 4. The first-order valence-electron chi connectivity index (χ1n) is 12.3. The van der Waals surface area contributed by atoms with Gasteiger partial charge in [-0.15, -0.1) is 0 Å². The Kier molecular flexibility index (Phi) is 7.47. The average molecular weight is 488 g/mol. The zero-order chi connectivity index (χ0) is 24.7. The number of oxazole rings is 1. The van der Waals surface area contributed by atoms with Gasteiger partial charge in [0.05, 0.1) is 12.2 Å². The van der Waals surface area contributed by atoms with E-state index in [2.05, 4.69) is 60.7 Å². The second-order valence-corrected chi connectivity index (χ2v) is 8.99. The first-order valence-corrected chi connectivity index (χ1v) is 12.3. The highest BCUT2D eigenvalue weighted by Crippen LogP contribution is 2.23. The van der Waals surface area contributed by atoms with Crippen molar-refractivity contribution in [2.24, 2.45) is 5.92 Å². The van der Waals surface area contributed by atoms with Crippen LogP contribution in [0.3, 0.4) is 0 Å². The van der Waals surface area contributed by atoms with E-state index in [0.717, 1.165) is 43.9 Å². The second-order valence-electron chi connectivity index (χ2n) is 8.99. The van der Waals surface area contributed by atoms with Gasteiger partial charge in [0, 0.05) is 62.7 Å². The fourth-order valence-electron chi connectivity index (χ4n) is 4.25. The summed E-state index contributed by atoms with van der Waals surface area (Å²) >= 11 is 0. The minimum absolute atomic E-state index is 0.213. The van der Waals surface area contributed by atoms with Crippen molar-refractivity contribution in [3.05, 3.63) is 89.5 Å². The Morgan fingerprint density at radius 2 is 2.06 bits per heavy atom. The van der Waals surface area contributed by atoms with Crippen molar-refractivity contribution in [3.8, 4) is 0 Å². The lowest BCUT2D eigenvalue weighted by molar-refractivity contribution is 0.514. The number of halogens is 1. The fourth-order valence-corrected chi connectivity index (χ4v) is 4.25. The molecule has 1 atom stereocenters. The molecule has 9 heteroatoms. The standard InChI is InChI=1S/C27H30FN7O/c1-18-5-2-3-6-19(18)15-20-16-32-24(34-20)9-12-29-13-10-25-35-26-23(36-25)8-14-31-27(26)33-17-22-21(28)7-4-11-30-22/h2-4,6-8,11,14,16,18,29H,5,9-10,12-13,15,17H2,1H3,(H,31,33)(H,32,34). The van der Waals surface area contributed by atoms with Gasteiger partial charge in [0.25, 0.3) is 0 Å². The summed E-state index contributed by atoms with van der Waals surface area (Å²) in [5, 5.41) is 6.54. The van der Waals surface area contributed by atoms with Crippen molar-refractivity contribution in [2.75, 3.05) is 18.4 Å². The van der Waals surface area contributed by atoms with Crippen molar-refractivity contribution in [3.63, 3.8) is 0 Å². The molecule has 4 aromatic heterocycles. The van der Waals surface area contributed by atoms with Crippen LogP contribution in [0, 0.1) is 11.7 Å². The van der Waals surface area contributed by atoms with E-state index in [9.17, 15) is 4.39 Å². The third kappa shape index (κ3) is 5.85. The van der Waals surface area contributed by atoms with Crippen LogP contribution in [0.1, 0.15) is 36.4 Å². The van der Waals surface area contributed by atoms with Crippen LogP contribution in [0.4, 0.5) is 10.2 Å². The van der Waals surface area contributed by atoms with Crippen molar-refractivity contribution in [2.45, 2.75) is 39.2 Å². The zero-order valence-corrected chi connectivity index (χ0v) is 20.3. The summed E-state index contributed by atoms with van der Waals surface area (Å²) < 4.78 is 19.7. The van der Waals surface area contributed by atoms with Crippen LogP contribution in [0.25, 0.3) is 11.1 Å². The molecule has 8 nitrogen and oxygen atoms in total. The van der Waals surface area contributed by atoms with Crippen molar-refractivity contribution in [1.82, 2.24) is 30.2 Å². The summed E-state index contributed by atoms with van der Waals surface area (Å²) in [6.45, 7) is 4.01. The third-order valence-electron chi connectivity index (χ3n) is 6.31. The summed E-state index contributed by atoms with van der Waals surface area (Å²) in [5.74, 6) is 2.39. The largest absolute Gasteiger partial charge is 0.440 e. The molecule has 0 amide bonds. The van der Waals surface area contributed by atoms with Gasteiger partial charge in [0.15, 0.2) is 22.8 Å². The lowest BCUT2D eigenvalue weighted by atomic mass is 9.90. The first-order chi connectivity index (χ1) is 17.7. The molecule has 0 bridgehead atoms. The summed E-state index contributed by atoms with van der Waals surface area (Å²) in [5.41, 5.74) is 4.20. The Morgan fingerprint density at radius 3 is 2.94 bits per heavy atom. The number of aromatic amines is 1. The fraction of sp³-hybridized carbons (Fsp3) is 0.333. The molecule has 0 aromatic carbocycles. The number of fused-ring (bicyclic) bond motifs is 1. The van der Waals surface area contributed by atoms with Crippen molar-refractivity contribution >= 4 is 16.9 Å². The molecule has 1 unspecified atom stereocenters. The van der Waals surface area contributed by atoms with Gasteiger partial charge < -0.3 is 20.0 Å². The van der Waals surface area contributed by atoms with E-state index in [1.807, 2.05) is 6.20 Å². The lowest BCUT2D eigenvalue weighted by Gasteiger charge is -2.16. The Labute approximate surface area is 209 Å². The monoisotopic (exact) mass is 487 g/mol. The third-order valence-corrected chi connectivity index (χ3v) is 6.31. The molecular formula is C27H30FN7O. The minimum atomic E-state index is -0.358. The number of anilines is 1. The number of nitrogens with one attached hydrogen (secondary N) is 3. The smallest absolute Gasteiger partial charge is 0.196 e. The highest BCUT2D eigenvalue weighted by molar-refractivity contribution is 5.83. The van der Waals surface area contributed by atoms with Gasteiger partial charge in [-0.2, -0.15) is 0 Å². The Hall–Kier alpha value is -3.85. The maximum Gasteiger partial charge on any atom is 0.196 e. The Morgan fingerprint density at radius 1 is 1.14 bits per heavy atom. The molecule has 5 rings (SSSR count). The van der Waals surface area contributed by atoms with E-state index >= 15 is 0 Å². The van der Waals surface area contributed by atoms with Crippen molar-refractivity contribution < 1.29 is 8.81 Å². The lowest BCUT2D eigenvalue weighted by Crippen LogP contribution is -2.20. The molecule has 0 saturated heterocycles. The zero-order valence-electron chi connectivity index (χ0n) is 20.3. The molecule has 3 N–H and O–H groups in total. The van der Waals surface area contributed by atoms with Gasteiger partial charge in [0.2, 0.25) is 0 Å². The second kappa shape index (κ2) is 11.3. The SMILES string of the molecule is CC1CC=CC=C1Cc1cnc(CCNCCc2nc3c(NCc4ncccc4F)nccc3o2)[nH]1. The molecule has 36 heavy (non-hydrogen) atoms. The van der Waals surface area contributed by atoms with Gasteiger partial charge in [-0.05, 0) is 24.5 Å². The number of nitrogens with zero attached hydrogens (tertiary/aromatic N) is 4. The first kappa shape index (κ1) is 23.9. The van der Waals surface area contributed by atoms with E-state index in [-0.39, 0.29) is 12.4 Å². The quantitative estimate of drug-likeness (QED) is 0.267. The van der Waals surface area contributed by atoms with Crippen LogP contribution < -0.4 is 10.6 Å². The topological polar surface area (TPSA) is 105 Å². The number of rotatable bonds is 11. The number of pyridine rings is 2. The summed E-state index contributed by atoms with van der Waals surface area (Å²) in [6.07, 6.45) is 15.2. The van der Waals surface area contributed by atoms with E-state index < -0.39 is 0 Å². The molecule has 0 spiro atoms. The van der Waals surface area contributed by atoms with Crippen molar-refractivity contribution in [1.29, 1.82) is 0 Å². The Balaban J connectivity index is 1.09. The van der Waals surface area contributed by atoms with Gasteiger partial charge in [-0.1, -0.05) is 30.7 Å². The van der Waals surface area contributed by atoms with Gasteiger partial charge >= 0.3 is 0 Å². The van der Waals surface area contributed by atoms with Crippen LogP contribution >= 0.6 is 0 Å². The molecule has 0 radical (unpaired) electrons. The number of aromatic nitrogens is 5. The van der Waals surface area contributed by atoms with Crippen LogP contribution in [-0.4, -0.2) is 38.0 Å².